The number of nitrogens with one attached hydrogen (secondary N) is 1. The summed E-state index contributed by atoms with van der Waals surface area (Å²) in [5.41, 5.74) is -1.22. The number of alkyl halides is 2. The number of amides is 1. The zero-order valence-corrected chi connectivity index (χ0v) is 15.4. The van der Waals surface area contributed by atoms with Crippen molar-refractivity contribution in [2.75, 3.05) is 6.26 Å². The van der Waals surface area contributed by atoms with E-state index in [0.717, 1.165) is 18.4 Å². The number of carbonyl (C=O) groups excluding carboxylic acids is 1. The van der Waals surface area contributed by atoms with E-state index < -0.39 is 49.9 Å². The molecule has 1 fully saturated rings. The zero-order chi connectivity index (χ0) is 19.1. The van der Waals surface area contributed by atoms with Gasteiger partial charge >= 0.3 is 0 Å². The van der Waals surface area contributed by atoms with E-state index in [1.54, 1.807) is 0 Å². The SMILES string of the molecule is CC1(C(=O)NS(=O)(=O)c2cccc(S(C)(=O)=O)c2)CCC(F)(F)CC1. The van der Waals surface area contributed by atoms with Crippen molar-refractivity contribution in [1.29, 1.82) is 0 Å². The molecule has 0 spiro atoms. The van der Waals surface area contributed by atoms with Crippen molar-refractivity contribution in [3.8, 4) is 0 Å². The van der Waals surface area contributed by atoms with Crippen LogP contribution in [0, 0.1) is 5.41 Å². The lowest BCUT2D eigenvalue weighted by Crippen LogP contribution is -2.45. The molecule has 0 unspecified atom stereocenters. The van der Waals surface area contributed by atoms with Gasteiger partial charge in [-0.05, 0) is 31.0 Å². The van der Waals surface area contributed by atoms with Crippen LogP contribution in [-0.2, 0) is 24.7 Å². The Morgan fingerprint density at radius 1 is 1.04 bits per heavy atom. The fourth-order valence-corrected chi connectivity index (χ4v) is 4.46. The third kappa shape index (κ3) is 4.55. The van der Waals surface area contributed by atoms with E-state index in [1.807, 2.05) is 4.72 Å². The van der Waals surface area contributed by atoms with Crippen LogP contribution in [0.1, 0.15) is 32.6 Å². The molecule has 1 N–H and O–H groups in total. The van der Waals surface area contributed by atoms with Gasteiger partial charge in [-0.2, -0.15) is 0 Å². The number of benzene rings is 1. The second-order valence-electron chi connectivity index (χ2n) is 6.60. The maximum atomic E-state index is 13.3. The van der Waals surface area contributed by atoms with Crippen molar-refractivity contribution >= 4 is 25.8 Å². The van der Waals surface area contributed by atoms with Gasteiger partial charge in [-0.3, -0.25) is 4.79 Å². The van der Waals surface area contributed by atoms with Crippen molar-refractivity contribution < 1.29 is 30.4 Å². The van der Waals surface area contributed by atoms with Crippen LogP contribution < -0.4 is 4.72 Å². The lowest BCUT2D eigenvalue weighted by Gasteiger charge is -2.35. The second-order valence-corrected chi connectivity index (χ2v) is 10.3. The number of carbonyl (C=O) groups is 1. The third-order valence-corrected chi connectivity index (χ3v) is 6.84. The highest BCUT2D eigenvalue weighted by atomic mass is 32.2. The highest BCUT2D eigenvalue weighted by molar-refractivity contribution is 7.91. The average molecular weight is 395 g/mol. The highest BCUT2D eigenvalue weighted by Crippen LogP contribution is 2.43. The smallest absolute Gasteiger partial charge is 0.264 e. The van der Waals surface area contributed by atoms with E-state index in [2.05, 4.69) is 0 Å². The Labute approximate surface area is 145 Å². The Balaban J connectivity index is 2.23. The number of halogens is 2. The zero-order valence-electron chi connectivity index (χ0n) is 13.8. The Bertz CT molecular complexity index is 884. The van der Waals surface area contributed by atoms with Gasteiger partial charge in [0.15, 0.2) is 9.84 Å². The first-order valence-electron chi connectivity index (χ1n) is 7.50. The van der Waals surface area contributed by atoms with Crippen molar-refractivity contribution in [3.05, 3.63) is 24.3 Å². The topological polar surface area (TPSA) is 97.4 Å². The summed E-state index contributed by atoms with van der Waals surface area (Å²) in [5.74, 6) is -3.71. The van der Waals surface area contributed by atoms with Crippen molar-refractivity contribution in [2.45, 2.75) is 48.3 Å². The fraction of sp³-hybridized carbons (Fsp3) is 0.533. The molecule has 0 atom stereocenters. The highest BCUT2D eigenvalue weighted by Gasteiger charge is 2.45. The molecule has 6 nitrogen and oxygen atoms in total. The molecule has 0 aromatic heterocycles. The maximum Gasteiger partial charge on any atom is 0.264 e. The Kier molecular flexibility index (Phi) is 4.99. The molecule has 2 rings (SSSR count). The molecule has 1 aliphatic rings. The molecule has 0 aliphatic heterocycles. The van der Waals surface area contributed by atoms with E-state index in [1.165, 1.54) is 19.1 Å². The van der Waals surface area contributed by atoms with Gasteiger partial charge in [-0.15, -0.1) is 0 Å². The minimum atomic E-state index is -4.31. The van der Waals surface area contributed by atoms with Crippen molar-refractivity contribution in [1.82, 2.24) is 4.72 Å². The molecular weight excluding hydrogens is 376 g/mol. The molecule has 25 heavy (non-hydrogen) atoms. The first-order chi connectivity index (χ1) is 11.3. The van der Waals surface area contributed by atoms with E-state index in [-0.39, 0.29) is 22.6 Å². The lowest BCUT2D eigenvalue weighted by atomic mass is 9.74. The van der Waals surface area contributed by atoms with Gasteiger partial charge in [-0.1, -0.05) is 13.0 Å². The number of sulfone groups is 1. The van der Waals surface area contributed by atoms with Crippen LogP contribution in [0.15, 0.2) is 34.1 Å². The normalized spacial score (nSPS) is 20.0. The molecule has 1 aromatic carbocycles. The number of hydrogen-bond donors (Lipinski definition) is 1. The second kappa shape index (κ2) is 6.31. The molecule has 0 bridgehead atoms. The number of sulfonamides is 1. The molecule has 1 saturated carbocycles. The summed E-state index contributed by atoms with van der Waals surface area (Å²) >= 11 is 0. The molecule has 1 aromatic rings. The van der Waals surface area contributed by atoms with Gasteiger partial charge in [0.25, 0.3) is 10.0 Å². The van der Waals surface area contributed by atoms with E-state index in [0.29, 0.717) is 0 Å². The summed E-state index contributed by atoms with van der Waals surface area (Å²) in [4.78, 5) is 11.8. The lowest BCUT2D eigenvalue weighted by molar-refractivity contribution is -0.135. The third-order valence-electron chi connectivity index (χ3n) is 4.40. The number of rotatable bonds is 4. The van der Waals surface area contributed by atoms with Crippen LogP contribution in [0.2, 0.25) is 0 Å². The first-order valence-corrected chi connectivity index (χ1v) is 10.9. The summed E-state index contributed by atoms with van der Waals surface area (Å²) in [6.45, 7) is 1.44. The van der Waals surface area contributed by atoms with Crippen molar-refractivity contribution in [3.63, 3.8) is 0 Å². The van der Waals surface area contributed by atoms with Gasteiger partial charge in [0.2, 0.25) is 11.8 Å². The van der Waals surface area contributed by atoms with Crippen LogP contribution >= 0.6 is 0 Å². The monoisotopic (exact) mass is 395 g/mol. The summed E-state index contributed by atoms with van der Waals surface area (Å²) in [6, 6.07) is 4.59. The van der Waals surface area contributed by atoms with Crippen LogP contribution in [0.25, 0.3) is 0 Å². The largest absolute Gasteiger partial charge is 0.273 e. The minimum absolute atomic E-state index is 0.134. The molecule has 140 valence electrons. The molecule has 0 radical (unpaired) electrons. The fourth-order valence-electron chi connectivity index (χ4n) is 2.57. The first kappa shape index (κ1) is 19.8. The van der Waals surface area contributed by atoms with Gasteiger partial charge in [-0.25, -0.2) is 30.3 Å². The molecular formula is C15H19F2NO5S2. The maximum absolute atomic E-state index is 13.3. The average Bonchev–Trinajstić information content (AvgIpc) is 2.49. The van der Waals surface area contributed by atoms with Crippen LogP contribution in [0.4, 0.5) is 8.78 Å². The van der Waals surface area contributed by atoms with Gasteiger partial charge in [0.1, 0.15) is 0 Å². The quantitative estimate of drug-likeness (QED) is 0.842. The molecule has 0 saturated heterocycles. The Morgan fingerprint density at radius 2 is 1.56 bits per heavy atom. The Morgan fingerprint density at radius 3 is 2.08 bits per heavy atom. The number of hydrogen-bond acceptors (Lipinski definition) is 5. The van der Waals surface area contributed by atoms with E-state index in [9.17, 15) is 30.4 Å². The molecule has 1 amide bonds. The summed E-state index contributed by atoms with van der Waals surface area (Å²) in [6.07, 6.45) is -0.308. The predicted molar refractivity (Wildman–Crippen MR) is 86.4 cm³/mol. The van der Waals surface area contributed by atoms with Crippen LogP contribution in [0.5, 0.6) is 0 Å². The van der Waals surface area contributed by atoms with E-state index in [4.69, 9.17) is 0 Å². The van der Waals surface area contributed by atoms with E-state index >= 15 is 0 Å². The van der Waals surface area contributed by atoms with Gasteiger partial charge < -0.3 is 0 Å². The summed E-state index contributed by atoms with van der Waals surface area (Å²) in [7, 11) is -7.93. The minimum Gasteiger partial charge on any atom is -0.273 e. The van der Waals surface area contributed by atoms with Crippen LogP contribution in [-0.4, -0.2) is 34.9 Å². The molecule has 1 aliphatic carbocycles. The van der Waals surface area contributed by atoms with Crippen LogP contribution in [0.3, 0.4) is 0 Å². The predicted octanol–water partition coefficient (Wildman–Crippen LogP) is 2.11. The standard InChI is InChI=1S/C15H19F2NO5S2/c1-14(6-8-15(16,17)9-7-14)13(19)18-25(22,23)12-5-3-4-11(10-12)24(2,20)21/h3-5,10H,6-9H2,1-2H3,(H,18,19). The molecule has 10 heteroatoms. The summed E-state index contributed by atoms with van der Waals surface area (Å²) in [5, 5.41) is 0. The Hall–Kier alpha value is -1.55. The van der Waals surface area contributed by atoms with Gasteiger partial charge in [0, 0.05) is 24.5 Å². The summed E-state index contributed by atoms with van der Waals surface area (Å²) < 4.78 is 76.2. The molecule has 0 heterocycles. The van der Waals surface area contributed by atoms with Gasteiger partial charge in [0.05, 0.1) is 9.79 Å². The van der Waals surface area contributed by atoms with Crippen molar-refractivity contribution in [2.24, 2.45) is 5.41 Å².